The van der Waals surface area contributed by atoms with Crippen molar-refractivity contribution >= 4 is 21.7 Å². The molecule has 1 aliphatic rings. The van der Waals surface area contributed by atoms with Gasteiger partial charge in [-0.25, -0.2) is 4.98 Å². The average Bonchev–Trinajstić information content (AvgIpc) is 2.68. The van der Waals surface area contributed by atoms with Gasteiger partial charge in [-0.05, 0) is 18.8 Å². The second kappa shape index (κ2) is 4.79. The number of halogens is 1. The van der Waals surface area contributed by atoms with Gasteiger partial charge in [-0.1, -0.05) is 15.9 Å². The van der Waals surface area contributed by atoms with Gasteiger partial charge in [-0.15, -0.1) is 0 Å². The van der Waals surface area contributed by atoms with Crippen LogP contribution in [0.25, 0.3) is 0 Å². The first kappa shape index (κ1) is 10.7. The van der Waals surface area contributed by atoms with Crippen molar-refractivity contribution in [2.24, 2.45) is 5.92 Å². The van der Waals surface area contributed by atoms with Crippen molar-refractivity contribution in [2.45, 2.75) is 12.8 Å². The first-order valence-electron chi connectivity index (χ1n) is 5.16. The number of hydrogen-bond donors (Lipinski definition) is 1. The Bertz CT molecular complexity index is 379. The zero-order valence-corrected chi connectivity index (χ0v) is 10.0. The Balaban J connectivity index is 2.08. The van der Waals surface area contributed by atoms with Crippen LogP contribution >= 0.6 is 15.9 Å². The highest BCUT2D eigenvalue weighted by molar-refractivity contribution is 9.09. The molecule has 1 fully saturated rings. The summed E-state index contributed by atoms with van der Waals surface area (Å²) < 4.78 is 0. The molecule has 1 aromatic heterocycles. The van der Waals surface area contributed by atoms with Gasteiger partial charge in [-0.2, -0.15) is 0 Å². The predicted octanol–water partition coefficient (Wildman–Crippen LogP) is 1.38. The van der Waals surface area contributed by atoms with Gasteiger partial charge >= 0.3 is 0 Å². The van der Waals surface area contributed by atoms with E-state index in [1.54, 1.807) is 12.4 Å². The SMILES string of the molecule is O=c1[nH]ccnc1N1CCC(CCBr)C1. The summed E-state index contributed by atoms with van der Waals surface area (Å²) in [5, 5.41) is 1.03. The summed E-state index contributed by atoms with van der Waals surface area (Å²) in [5.41, 5.74) is -0.0861. The van der Waals surface area contributed by atoms with E-state index >= 15 is 0 Å². The molecule has 1 N–H and O–H groups in total. The normalized spacial score (nSPS) is 20.9. The molecule has 0 saturated carbocycles. The van der Waals surface area contributed by atoms with Crippen molar-refractivity contribution in [3.63, 3.8) is 0 Å². The molecule has 0 spiro atoms. The molecule has 0 amide bonds. The minimum Gasteiger partial charge on any atom is -0.352 e. The fourth-order valence-electron chi connectivity index (χ4n) is 1.98. The van der Waals surface area contributed by atoms with E-state index in [4.69, 9.17) is 0 Å². The quantitative estimate of drug-likeness (QED) is 0.846. The number of hydrogen-bond acceptors (Lipinski definition) is 3. The molecular formula is C10H14BrN3O. The van der Waals surface area contributed by atoms with Crippen molar-refractivity contribution in [3.05, 3.63) is 22.7 Å². The van der Waals surface area contributed by atoms with Gasteiger partial charge in [0.15, 0.2) is 5.82 Å². The molecule has 1 aromatic rings. The number of anilines is 1. The van der Waals surface area contributed by atoms with Gasteiger partial charge in [0.2, 0.25) is 0 Å². The van der Waals surface area contributed by atoms with Gasteiger partial charge in [0.1, 0.15) is 0 Å². The highest BCUT2D eigenvalue weighted by Gasteiger charge is 2.24. The summed E-state index contributed by atoms with van der Waals surface area (Å²) in [6.45, 7) is 1.89. The van der Waals surface area contributed by atoms with Crippen molar-refractivity contribution < 1.29 is 0 Å². The lowest BCUT2D eigenvalue weighted by molar-refractivity contribution is 0.575. The van der Waals surface area contributed by atoms with Gasteiger partial charge < -0.3 is 9.88 Å². The van der Waals surface area contributed by atoms with Gasteiger partial charge in [0.25, 0.3) is 5.56 Å². The maximum Gasteiger partial charge on any atom is 0.290 e. The number of nitrogens with zero attached hydrogens (tertiary/aromatic N) is 2. The first-order valence-corrected chi connectivity index (χ1v) is 6.28. The molecule has 5 heteroatoms. The summed E-state index contributed by atoms with van der Waals surface area (Å²) in [5.74, 6) is 1.25. The summed E-state index contributed by atoms with van der Waals surface area (Å²) in [7, 11) is 0. The zero-order chi connectivity index (χ0) is 10.7. The zero-order valence-electron chi connectivity index (χ0n) is 8.45. The summed E-state index contributed by atoms with van der Waals surface area (Å²) in [4.78, 5) is 20.4. The molecule has 82 valence electrons. The fraction of sp³-hybridized carbons (Fsp3) is 0.600. The van der Waals surface area contributed by atoms with Crippen LogP contribution < -0.4 is 10.5 Å². The molecule has 0 bridgehead atoms. The third kappa shape index (κ3) is 2.40. The highest BCUT2D eigenvalue weighted by atomic mass is 79.9. The summed E-state index contributed by atoms with van der Waals surface area (Å²) >= 11 is 3.45. The van der Waals surface area contributed by atoms with E-state index in [1.165, 1.54) is 6.42 Å². The fourth-order valence-corrected chi connectivity index (χ4v) is 2.63. The first-order chi connectivity index (χ1) is 7.31. The largest absolute Gasteiger partial charge is 0.352 e. The Labute approximate surface area is 96.8 Å². The van der Waals surface area contributed by atoms with Gasteiger partial charge in [0.05, 0.1) is 0 Å². The van der Waals surface area contributed by atoms with E-state index in [1.807, 2.05) is 0 Å². The highest BCUT2D eigenvalue weighted by Crippen LogP contribution is 2.22. The molecule has 1 saturated heterocycles. The molecule has 4 nitrogen and oxygen atoms in total. The van der Waals surface area contributed by atoms with E-state index < -0.39 is 0 Å². The maximum absolute atomic E-state index is 11.5. The van der Waals surface area contributed by atoms with Gasteiger partial charge in [0, 0.05) is 30.8 Å². The Kier molecular flexibility index (Phi) is 3.41. The number of aromatic nitrogens is 2. The van der Waals surface area contributed by atoms with Crippen LogP contribution in [0.4, 0.5) is 5.82 Å². The average molecular weight is 272 g/mol. The van der Waals surface area contributed by atoms with Crippen molar-refractivity contribution in [2.75, 3.05) is 23.3 Å². The Morgan fingerprint density at radius 2 is 2.53 bits per heavy atom. The molecule has 0 radical (unpaired) electrons. The Morgan fingerprint density at radius 3 is 3.27 bits per heavy atom. The molecule has 2 rings (SSSR count). The van der Waals surface area contributed by atoms with Crippen LogP contribution in [-0.2, 0) is 0 Å². The van der Waals surface area contributed by atoms with E-state index in [0.717, 1.165) is 24.8 Å². The van der Waals surface area contributed by atoms with Crippen LogP contribution in [0.3, 0.4) is 0 Å². The lowest BCUT2D eigenvalue weighted by Crippen LogP contribution is -2.27. The molecule has 0 aromatic carbocycles. The third-order valence-electron chi connectivity index (χ3n) is 2.79. The molecule has 2 heterocycles. The van der Waals surface area contributed by atoms with Crippen molar-refractivity contribution in [1.82, 2.24) is 9.97 Å². The van der Waals surface area contributed by atoms with Crippen molar-refractivity contribution in [3.8, 4) is 0 Å². The molecular weight excluding hydrogens is 258 g/mol. The topological polar surface area (TPSA) is 49.0 Å². The molecule has 0 aliphatic carbocycles. The van der Waals surface area contributed by atoms with E-state index in [9.17, 15) is 4.79 Å². The number of H-pyrrole nitrogens is 1. The monoisotopic (exact) mass is 271 g/mol. The lowest BCUT2D eigenvalue weighted by atomic mass is 10.1. The van der Waals surface area contributed by atoms with E-state index in [-0.39, 0.29) is 5.56 Å². The standard InChI is InChI=1S/C10H14BrN3O/c11-3-1-8-2-6-14(7-8)9-10(15)13-5-4-12-9/h4-5,8H,1-3,6-7H2,(H,13,15). The Morgan fingerprint density at radius 1 is 1.67 bits per heavy atom. The van der Waals surface area contributed by atoms with Crippen LogP contribution in [0.1, 0.15) is 12.8 Å². The van der Waals surface area contributed by atoms with Crippen LogP contribution in [0.15, 0.2) is 17.2 Å². The molecule has 1 unspecified atom stereocenters. The maximum atomic E-state index is 11.5. The van der Waals surface area contributed by atoms with E-state index in [0.29, 0.717) is 11.7 Å². The predicted molar refractivity (Wildman–Crippen MR) is 63.6 cm³/mol. The lowest BCUT2D eigenvalue weighted by Gasteiger charge is -2.15. The van der Waals surface area contributed by atoms with Crippen LogP contribution in [0.5, 0.6) is 0 Å². The van der Waals surface area contributed by atoms with Crippen LogP contribution in [0, 0.1) is 5.92 Å². The smallest absolute Gasteiger partial charge is 0.290 e. The van der Waals surface area contributed by atoms with Crippen LogP contribution in [-0.4, -0.2) is 28.4 Å². The number of rotatable bonds is 3. The molecule has 1 aliphatic heterocycles. The Hall–Kier alpha value is -0.840. The van der Waals surface area contributed by atoms with Crippen LogP contribution in [0.2, 0.25) is 0 Å². The van der Waals surface area contributed by atoms with Crippen molar-refractivity contribution in [1.29, 1.82) is 0 Å². The molecule has 1 atom stereocenters. The number of aromatic amines is 1. The minimum absolute atomic E-state index is 0.0861. The van der Waals surface area contributed by atoms with E-state index in [2.05, 4.69) is 30.8 Å². The number of nitrogens with one attached hydrogen (secondary N) is 1. The second-order valence-corrected chi connectivity index (χ2v) is 4.61. The second-order valence-electron chi connectivity index (χ2n) is 3.82. The summed E-state index contributed by atoms with van der Waals surface area (Å²) in [6.07, 6.45) is 5.52. The molecule has 15 heavy (non-hydrogen) atoms. The summed E-state index contributed by atoms with van der Waals surface area (Å²) in [6, 6.07) is 0. The van der Waals surface area contributed by atoms with Gasteiger partial charge in [-0.3, -0.25) is 4.79 Å². The number of alkyl halides is 1. The minimum atomic E-state index is -0.0861. The third-order valence-corrected chi connectivity index (χ3v) is 3.25.